The van der Waals surface area contributed by atoms with Gasteiger partial charge in [-0.1, -0.05) is 34.6 Å². The Morgan fingerprint density at radius 3 is 2.32 bits per heavy atom. The molecule has 0 heterocycles. The number of carboxylic acids is 1. The van der Waals surface area contributed by atoms with Crippen LogP contribution in [0.3, 0.4) is 0 Å². The zero-order chi connectivity index (χ0) is 27.3. The summed E-state index contributed by atoms with van der Waals surface area (Å²) in [7, 11) is 0. The minimum absolute atomic E-state index is 0.0594. The van der Waals surface area contributed by atoms with E-state index in [0.717, 1.165) is 38.5 Å². The summed E-state index contributed by atoms with van der Waals surface area (Å²) in [6.45, 7) is 10.6. The monoisotopic (exact) mass is 521 g/mol. The molecule has 0 aromatic heterocycles. The van der Waals surface area contributed by atoms with Gasteiger partial charge in [-0.25, -0.2) is 4.79 Å². The van der Waals surface area contributed by atoms with Crippen molar-refractivity contribution < 1.29 is 30.0 Å². The Kier molecular flexibility index (Phi) is 8.39. The fraction of sp³-hybridized carbons (Fsp3) is 0.933. The van der Waals surface area contributed by atoms with Gasteiger partial charge in [0, 0.05) is 6.42 Å². The van der Waals surface area contributed by atoms with Crippen molar-refractivity contribution in [1.29, 1.82) is 0 Å². The number of aliphatic hydroxyl groups excluding tert-OH is 3. The number of carbonyl (C=O) groups is 2. The fourth-order valence-electron chi connectivity index (χ4n) is 9.65. The zero-order valence-corrected chi connectivity index (χ0v) is 23.5. The summed E-state index contributed by atoms with van der Waals surface area (Å²) < 4.78 is 0. The third-order valence-electron chi connectivity index (χ3n) is 11.7. The highest BCUT2D eigenvalue weighted by Crippen LogP contribution is 2.68. The Labute approximate surface area is 222 Å². The highest BCUT2D eigenvalue weighted by atomic mass is 16.4. The maximum Gasteiger partial charge on any atom is 0.326 e. The van der Waals surface area contributed by atoms with E-state index in [4.69, 9.17) is 0 Å². The topological polar surface area (TPSA) is 127 Å². The number of aliphatic carboxylic acids is 1. The molecule has 12 atom stereocenters. The van der Waals surface area contributed by atoms with Crippen molar-refractivity contribution in [3.63, 3.8) is 0 Å². The Morgan fingerprint density at radius 2 is 1.68 bits per heavy atom. The molecule has 4 aliphatic carbocycles. The maximum atomic E-state index is 12.6. The van der Waals surface area contributed by atoms with E-state index in [1.54, 1.807) is 0 Å². The first-order valence-electron chi connectivity index (χ1n) is 14.8. The second kappa shape index (κ2) is 10.8. The number of hydrogen-bond acceptors (Lipinski definition) is 5. The number of nitrogens with one attached hydrogen (secondary N) is 1. The van der Waals surface area contributed by atoms with E-state index in [9.17, 15) is 30.0 Å². The van der Waals surface area contributed by atoms with Crippen molar-refractivity contribution in [3.05, 3.63) is 0 Å². The van der Waals surface area contributed by atoms with Crippen molar-refractivity contribution >= 4 is 11.9 Å². The highest BCUT2D eigenvalue weighted by molar-refractivity contribution is 5.83. The average molecular weight is 522 g/mol. The Bertz CT molecular complexity index is 848. The van der Waals surface area contributed by atoms with Crippen LogP contribution in [0.15, 0.2) is 0 Å². The molecule has 4 aliphatic rings. The van der Waals surface area contributed by atoms with Gasteiger partial charge < -0.3 is 25.7 Å². The van der Waals surface area contributed by atoms with Gasteiger partial charge in [0.05, 0.1) is 18.3 Å². The van der Waals surface area contributed by atoms with Gasteiger partial charge in [-0.2, -0.15) is 0 Å². The van der Waals surface area contributed by atoms with E-state index < -0.39 is 18.1 Å². The molecule has 37 heavy (non-hydrogen) atoms. The summed E-state index contributed by atoms with van der Waals surface area (Å²) in [6.07, 6.45) is 6.22. The molecule has 0 aromatic carbocycles. The van der Waals surface area contributed by atoms with Crippen molar-refractivity contribution in [2.45, 2.75) is 123 Å². The number of carbonyl (C=O) groups excluding carboxylic acids is 1. The largest absolute Gasteiger partial charge is 0.480 e. The van der Waals surface area contributed by atoms with E-state index in [2.05, 4.69) is 26.1 Å². The Balaban J connectivity index is 1.44. The van der Waals surface area contributed by atoms with Crippen LogP contribution in [0.5, 0.6) is 0 Å². The lowest BCUT2D eigenvalue weighted by molar-refractivity contribution is -0.207. The van der Waals surface area contributed by atoms with E-state index in [1.165, 1.54) is 0 Å². The van der Waals surface area contributed by atoms with Gasteiger partial charge in [0.2, 0.25) is 5.91 Å². The molecule has 0 aliphatic heterocycles. The normalized spacial score (nSPS) is 44.9. The second-order valence-corrected chi connectivity index (χ2v) is 14.1. The van der Waals surface area contributed by atoms with Gasteiger partial charge in [0.1, 0.15) is 6.04 Å². The lowest BCUT2D eigenvalue weighted by Gasteiger charge is -2.63. The van der Waals surface area contributed by atoms with Crippen LogP contribution in [-0.2, 0) is 9.59 Å². The first-order chi connectivity index (χ1) is 17.3. The maximum absolute atomic E-state index is 12.6. The van der Waals surface area contributed by atoms with E-state index in [0.29, 0.717) is 25.2 Å². The zero-order valence-electron chi connectivity index (χ0n) is 23.5. The molecule has 212 valence electrons. The molecule has 0 unspecified atom stereocenters. The standard InChI is InChI=1S/C30H51NO6/c1-16(2)12-23(28(36)37)31-26(35)9-6-17(3)20-7-8-21-27-22(15-25(34)30(20,21)5)29(4)11-10-19(32)13-18(29)14-24(27)33/h16-25,27,32-34H,6-15H2,1-5H3,(H,31,35)(H,36,37)/t17-,18+,19-,20-,21+,22+,23+,24-,25+,27+,29+,30-/m1/s1. The minimum Gasteiger partial charge on any atom is -0.480 e. The van der Waals surface area contributed by atoms with Crippen molar-refractivity contribution in [1.82, 2.24) is 5.32 Å². The van der Waals surface area contributed by atoms with Crippen LogP contribution in [0, 0.1) is 52.3 Å². The SMILES string of the molecule is CC(C)C[C@H](NC(=O)CC[C@@H](C)[C@H]1CC[C@H]2[C@@H]3[C@H](O)C[C@@H]4C[C@H](O)CC[C@]4(C)[C@H]3C[C@H](O)[C@]12C)C(=O)O. The first-order valence-corrected chi connectivity index (χ1v) is 14.8. The Hall–Kier alpha value is -1.18. The fourth-order valence-corrected chi connectivity index (χ4v) is 9.65. The number of amides is 1. The number of rotatable bonds is 8. The van der Waals surface area contributed by atoms with Gasteiger partial charge in [-0.15, -0.1) is 0 Å². The second-order valence-electron chi connectivity index (χ2n) is 14.1. The molecule has 5 N–H and O–H groups in total. The van der Waals surface area contributed by atoms with Crippen LogP contribution in [0.25, 0.3) is 0 Å². The molecule has 0 saturated heterocycles. The van der Waals surface area contributed by atoms with Gasteiger partial charge in [-0.05, 0) is 110 Å². The summed E-state index contributed by atoms with van der Waals surface area (Å²) in [6, 6.07) is -0.854. The van der Waals surface area contributed by atoms with Crippen LogP contribution >= 0.6 is 0 Å². The van der Waals surface area contributed by atoms with Crippen LogP contribution in [0.1, 0.15) is 98.8 Å². The lowest BCUT2D eigenvalue weighted by Crippen LogP contribution is -2.62. The number of hydrogen-bond donors (Lipinski definition) is 5. The molecular formula is C30H51NO6. The molecular weight excluding hydrogens is 470 g/mol. The summed E-state index contributed by atoms with van der Waals surface area (Å²) >= 11 is 0. The Morgan fingerprint density at radius 1 is 0.973 bits per heavy atom. The summed E-state index contributed by atoms with van der Waals surface area (Å²) in [4.78, 5) is 24.2. The molecule has 4 fully saturated rings. The molecule has 7 nitrogen and oxygen atoms in total. The average Bonchev–Trinajstić information content (AvgIpc) is 3.17. The minimum atomic E-state index is -0.990. The molecule has 4 saturated carbocycles. The summed E-state index contributed by atoms with van der Waals surface area (Å²) in [5.74, 6) is 0.466. The number of carboxylic acid groups (broad SMARTS) is 1. The molecule has 0 aromatic rings. The van der Waals surface area contributed by atoms with Gasteiger partial charge >= 0.3 is 5.97 Å². The van der Waals surface area contributed by atoms with E-state index >= 15 is 0 Å². The quantitative estimate of drug-likeness (QED) is 0.329. The van der Waals surface area contributed by atoms with Crippen LogP contribution in [-0.4, -0.2) is 56.7 Å². The van der Waals surface area contributed by atoms with Crippen molar-refractivity contribution in [2.75, 3.05) is 0 Å². The summed E-state index contributed by atoms with van der Waals surface area (Å²) in [5.41, 5.74) is -0.236. The van der Waals surface area contributed by atoms with E-state index in [1.807, 2.05) is 13.8 Å². The highest BCUT2D eigenvalue weighted by Gasteiger charge is 2.65. The lowest BCUT2D eigenvalue weighted by atomic mass is 9.43. The van der Waals surface area contributed by atoms with Crippen LogP contribution < -0.4 is 5.32 Å². The van der Waals surface area contributed by atoms with Crippen LogP contribution in [0.4, 0.5) is 0 Å². The smallest absolute Gasteiger partial charge is 0.326 e. The van der Waals surface area contributed by atoms with E-state index in [-0.39, 0.29) is 70.9 Å². The van der Waals surface area contributed by atoms with Crippen molar-refractivity contribution in [2.24, 2.45) is 52.3 Å². The van der Waals surface area contributed by atoms with Gasteiger partial charge in [-0.3, -0.25) is 4.79 Å². The number of fused-ring (bicyclic) bond motifs is 5. The molecule has 7 heteroatoms. The first kappa shape index (κ1) is 28.8. The third kappa shape index (κ3) is 5.21. The predicted molar refractivity (Wildman–Crippen MR) is 141 cm³/mol. The van der Waals surface area contributed by atoms with Crippen LogP contribution in [0.2, 0.25) is 0 Å². The van der Waals surface area contributed by atoms with Crippen molar-refractivity contribution in [3.8, 4) is 0 Å². The van der Waals surface area contributed by atoms with Gasteiger partial charge in [0.25, 0.3) is 0 Å². The van der Waals surface area contributed by atoms with Gasteiger partial charge in [0.15, 0.2) is 0 Å². The number of aliphatic hydroxyl groups is 3. The molecule has 0 radical (unpaired) electrons. The predicted octanol–water partition coefficient (Wildman–Crippen LogP) is 3.98. The molecule has 4 rings (SSSR count). The molecule has 1 amide bonds. The molecule has 0 spiro atoms. The summed E-state index contributed by atoms with van der Waals surface area (Å²) in [5, 5.41) is 45.6. The molecule has 0 bridgehead atoms. The third-order valence-corrected chi connectivity index (χ3v) is 11.7.